The van der Waals surface area contributed by atoms with Gasteiger partial charge in [0.2, 0.25) is 11.1 Å². The molecule has 1 saturated carbocycles. The van der Waals surface area contributed by atoms with Crippen molar-refractivity contribution in [2.75, 3.05) is 4.90 Å². The average molecular weight is 366 g/mol. The molecule has 0 radical (unpaired) electrons. The maximum absolute atomic E-state index is 6.54. The zero-order valence-corrected chi connectivity index (χ0v) is 15.7. The third-order valence-electron chi connectivity index (χ3n) is 4.90. The summed E-state index contributed by atoms with van der Waals surface area (Å²) in [7, 11) is 0. The fraction of sp³-hybridized carbons (Fsp3) is 0.350. The number of thiazole rings is 1. The molecular formula is C20H23N5S. The van der Waals surface area contributed by atoms with Gasteiger partial charge in [-0.15, -0.1) is 11.3 Å². The lowest BCUT2D eigenvalue weighted by Crippen LogP contribution is -2.46. The highest BCUT2D eigenvalue weighted by Gasteiger charge is 2.26. The molecule has 0 atom stereocenters. The molecule has 26 heavy (non-hydrogen) atoms. The summed E-state index contributed by atoms with van der Waals surface area (Å²) in [5.41, 5.74) is 9.61. The summed E-state index contributed by atoms with van der Waals surface area (Å²) < 4.78 is 0. The van der Waals surface area contributed by atoms with Crippen LogP contribution in [0.2, 0.25) is 0 Å². The lowest BCUT2D eigenvalue weighted by molar-refractivity contribution is 0.440. The first-order chi connectivity index (χ1) is 12.7. The molecule has 2 aromatic heterocycles. The molecule has 0 unspecified atom stereocenters. The number of aliphatic imine (C=N–C) groups is 1. The number of nitrogens with two attached hydrogens (primary N) is 1. The molecule has 0 amide bonds. The number of hydrogen-bond acceptors (Lipinski definition) is 4. The van der Waals surface area contributed by atoms with Crippen LogP contribution in [0.15, 0.2) is 46.9 Å². The fourth-order valence-electron chi connectivity index (χ4n) is 3.75. The molecule has 1 aliphatic rings. The Balaban J connectivity index is 1.85. The van der Waals surface area contributed by atoms with Crippen LogP contribution in [-0.2, 0) is 0 Å². The van der Waals surface area contributed by atoms with Gasteiger partial charge in [-0.05, 0) is 31.9 Å². The molecule has 1 fully saturated rings. The van der Waals surface area contributed by atoms with E-state index in [0.717, 1.165) is 35.1 Å². The van der Waals surface area contributed by atoms with Crippen LogP contribution < -0.4 is 10.6 Å². The van der Waals surface area contributed by atoms with Crippen molar-refractivity contribution in [1.82, 2.24) is 9.97 Å². The molecule has 1 aromatic carbocycles. The summed E-state index contributed by atoms with van der Waals surface area (Å²) in [6.07, 6.45) is 7.77. The quantitative estimate of drug-likeness (QED) is 0.535. The van der Waals surface area contributed by atoms with Crippen LogP contribution in [0.25, 0.3) is 10.9 Å². The molecule has 2 heterocycles. The zero-order valence-electron chi connectivity index (χ0n) is 14.9. The maximum atomic E-state index is 6.54. The summed E-state index contributed by atoms with van der Waals surface area (Å²) in [4.78, 5) is 15.8. The van der Waals surface area contributed by atoms with Crippen molar-refractivity contribution in [2.45, 2.75) is 45.1 Å². The molecule has 0 aliphatic heterocycles. The number of fused-ring (bicyclic) bond motifs is 1. The van der Waals surface area contributed by atoms with Gasteiger partial charge in [0, 0.05) is 28.7 Å². The predicted molar refractivity (Wildman–Crippen MR) is 109 cm³/mol. The van der Waals surface area contributed by atoms with Gasteiger partial charge in [0.05, 0.1) is 11.2 Å². The predicted octanol–water partition coefficient (Wildman–Crippen LogP) is 4.79. The highest BCUT2D eigenvalue weighted by molar-refractivity contribution is 7.13. The second-order valence-corrected chi connectivity index (χ2v) is 7.62. The van der Waals surface area contributed by atoms with Gasteiger partial charge in [0.15, 0.2) is 0 Å². The molecule has 0 saturated heterocycles. The minimum Gasteiger partial charge on any atom is -0.369 e. The van der Waals surface area contributed by atoms with Crippen LogP contribution in [-0.4, -0.2) is 22.0 Å². The minimum absolute atomic E-state index is 0.359. The first-order valence-corrected chi connectivity index (χ1v) is 9.99. The van der Waals surface area contributed by atoms with Gasteiger partial charge >= 0.3 is 0 Å². The van der Waals surface area contributed by atoms with E-state index in [4.69, 9.17) is 5.73 Å². The molecule has 5 nitrogen and oxygen atoms in total. The summed E-state index contributed by atoms with van der Waals surface area (Å²) in [5.74, 6) is 0.516. The van der Waals surface area contributed by atoms with Crippen molar-refractivity contribution >= 4 is 39.0 Å². The monoisotopic (exact) mass is 365 g/mol. The largest absolute Gasteiger partial charge is 0.369 e. The fourth-order valence-corrected chi connectivity index (χ4v) is 4.27. The summed E-state index contributed by atoms with van der Waals surface area (Å²) >= 11 is 1.50. The molecule has 2 N–H and O–H groups in total. The van der Waals surface area contributed by atoms with E-state index in [-0.39, 0.29) is 0 Å². The van der Waals surface area contributed by atoms with Crippen molar-refractivity contribution in [1.29, 1.82) is 0 Å². The SMILES string of the molecule is Cc1cc(N(/C(N)=N/c2nccs2)C2CCCCC2)c2ccccc2n1. The van der Waals surface area contributed by atoms with Gasteiger partial charge in [0.25, 0.3) is 0 Å². The lowest BCUT2D eigenvalue weighted by Gasteiger charge is -2.35. The second-order valence-electron chi connectivity index (χ2n) is 6.75. The molecule has 0 spiro atoms. The van der Waals surface area contributed by atoms with E-state index in [1.54, 1.807) is 6.20 Å². The van der Waals surface area contributed by atoms with Crippen LogP contribution in [0.1, 0.15) is 37.8 Å². The van der Waals surface area contributed by atoms with E-state index >= 15 is 0 Å². The Hall–Kier alpha value is -2.47. The Morgan fingerprint density at radius 3 is 2.81 bits per heavy atom. The Morgan fingerprint density at radius 1 is 1.23 bits per heavy atom. The highest BCUT2D eigenvalue weighted by atomic mass is 32.1. The van der Waals surface area contributed by atoms with Gasteiger partial charge in [-0.1, -0.05) is 37.5 Å². The average Bonchev–Trinajstić information content (AvgIpc) is 3.15. The topological polar surface area (TPSA) is 67.4 Å². The number of rotatable bonds is 3. The van der Waals surface area contributed by atoms with Crippen LogP contribution >= 0.6 is 11.3 Å². The van der Waals surface area contributed by atoms with Crippen molar-refractivity contribution in [3.63, 3.8) is 0 Å². The van der Waals surface area contributed by atoms with Crippen LogP contribution in [0.5, 0.6) is 0 Å². The molecule has 3 aromatic rings. The number of benzene rings is 1. The molecule has 6 heteroatoms. The lowest BCUT2D eigenvalue weighted by atomic mass is 9.93. The Kier molecular flexibility index (Phi) is 4.84. The highest BCUT2D eigenvalue weighted by Crippen LogP contribution is 2.33. The van der Waals surface area contributed by atoms with E-state index in [0.29, 0.717) is 17.1 Å². The van der Waals surface area contributed by atoms with Gasteiger partial charge in [-0.25, -0.2) is 4.98 Å². The normalized spacial score (nSPS) is 16.1. The van der Waals surface area contributed by atoms with Crippen molar-refractivity contribution in [2.24, 2.45) is 10.7 Å². The second kappa shape index (κ2) is 7.41. The van der Waals surface area contributed by atoms with E-state index < -0.39 is 0 Å². The summed E-state index contributed by atoms with van der Waals surface area (Å²) in [6, 6.07) is 10.7. The molecule has 4 rings (SSSR count). The number of aryl methyl sites for hydroxylation is 1. The summed E-state index contributed by atoms with van der Waals surface area (Å²) in [6.45, 7) is 2.03. The standard InChI is InChI=1S/C20H23N5S/c1-14-13-18(16-9-5-6-10-17(16)23-14)25(15-7-3-2-4-8-15)19(21)24-20-22-11-12-26-20/h5-6,9-13,15H,2-4,7-8H2,1H3,(H2,21,22,24). The first kappa shape index (κ1) is 17.0. The van der Waals surface area contributed by atoms with Gasteiger partial charge in [-0.2, -0.15) is 4.99 Å². The molecule has 1 aliphatic carbocycles. The van der Waals surface area contributed by atoms with Gasteiger partial charge in [-0.3, -0.25) is 4.98 Å². The maximum Gasteiger partial charge on any atom is 0.212 e. The molecule has 0 bridgehead atoms. The minimum atomic E-state index is 0.359. The molecule has 134 valence electrons. The van der Waals surface area contributed by atoms with E-state index in [1.165, 1.54) is 30.6 Å². The number of anilines is 1. The van der Waals surface area contributed by atoms with Crippen LogP contribution in [0, 0.1) is 6.92 Å². The number of hydrogen-bond donors (Lipinski definition) is 1. The van der Waals surface area contributed by atoms with E-state index in [9.17, 15) is 0 Å². The van der Waals surface area contributed by atoms with Crippen molar-refractivity contribution in [3.8, 4) is 0 Å². The Bertz CT molecular complexity index is 913. The van der Waals surface area contributed by atoms with Gasteiger partial charge < -0.3 is 10.6 Å². The smallest absolute Gasteiger partial charge is 0.212 e. The van der Waals surface area contributed by atoms with E-state index in [2.05, 4.69) is 44.1 Å². The van der Waals surface area contributed by atoms with Crippen molar-refractivity contribution < 1.29 is 0 Å². The van der Waals surface area contributed by atoms with E-state index in [1.807, 2.05) is 18.4 Å². The third kappa shape index (κ3) is 3.42. The Labute approximate surface area is 157 Å². The first-order valence-electron chi connectivity index (χ1n) is 9.11. The molecular weight excluding hydrogens is 342 g/mol. The third-order valence-corrected chi connectivity index (χ3v) is 5.56. The number of nitrogens with zero attached hydrogens (tertiary/aromatic N) is 4. The number of pyridine rings is 1. The van der Waals surface area contributed by atoms with Gasteiger partial charge in [0.1, 0.15) is 0 Å². The number of guanidine groups is 1. The zero-order chi connectivity index (χ0) is 17.9. The number of para-hydroxylation sites is 1. The van der Waals surface area contributed by atoms with Crippen LogP contribution in [0.4, 0.5) is 10.8 Å². The van der Waals surface area contributed by atoms with Crippen molar-refractivity contribution in [3.05, 3.63) is 47.6 Å². The Morgan fingerprint density at radius 2 is 2.04 bits per heavy atom. The van der Waals surface area contributed by atoms with Crippen LogP contribution in [0.3, 0.4) is 0 Å². The number of aromatic nitrogens is 2. The summed E-state index contributed by atoms with van der Waals surface area (Å²) in [5, 5.41) is 3.72.